The second-order valence-corrected chi connectivity index (χ2v) is 9.69. The van der Waals surface area contributed by atoms with Gasteiger partial charge >= 0.3 is 0 Å². The van der Waals surface area contributed by atoms with Gasteiger partial charge in [0.15, 0.2) is 0 Å². The highest BCUT2D eigenvalue weighted by molar-refractivity contribution is 7.16. The first-order valence-electron chi connectivity index (χ1n) is 9.55. The van der Waals surface area contributed by atoms with Gasteiger partial charge in [-0.05, 0) is 61.6 Å². The Bertz CT molecular complexity index is 1050. The van der Waals surface area contributed by atoms with Crippen molar-refractivity contribution in [2.75, 3.05) is 6.54 Å². The van der Waals surface area contributed by atoms with Crippen LogP contribution < -0.4 is 5.32 Å². The van der Waals surface area contributed by atoms with E-state index in [2.05, 4.69) is 12.2 Å². The van der Waals surface area contributed by atoms with Gasteiger partial charge in [-0.15, -0.1) is 11.3 Å². The van der Waals surface area contributed by atoms with E-state index in [0.29, 0.717) is 21.6 Å². The summed E-state index contributed by atoms with van der Waals surface area (Å²) in [6.45, 7) is 2.77. The predicted molar refractivity (Wildman–Crippen MR) is 124 cm³/mol. The highest BCUT2D eigenvalue weighted by atomic mass is 35.5. The maximum Gasteiger partial charge on any atom is 0.223 e. The van der Waals surface area contributed by atoms with Crippen LogP contribution in [0.5, 0.6) is 0 Å². The molecule has 29 heavy (non-hydrogen) atoms. The molecule has 2 aromatic carbocycles. The van der Waals surface area contributed by atoms with Gasteiger partial charge in [0.1, 0.15) is 0 Å². The molecule has 0 spiro atoms. The van der Waals surface area contributed by atoms with Crippen molar-refractivity contribution in [2.24, 2.45) is 5.92 Å². The van der Waals surface area contributed by atoms with E-state index < -0.39 is 0 Å². The minimum Gasteiger partial charge on any atom is -0.356 e. The number of benzene rings is 2. The topological polar surface area (TPSA) is 29.1 Å². The largest absolute Gasteiger partial charge is 0.356 e. The molecule has 6 heteroatoms. The van der Waals surface area contributed by atoms with Crippen molar-refractivity contribution in [3.8, 4) is 21.6 Å². The Hall–Kier alpha value is -1.52. The highest BCUT2D eigenvalue weighted by Gasteiger charge is 2.29. The number of nitrogens with one attached hydrogen (secondary N) is 1. The van der Waals surface area contributed by atoms with E-state index in [9.17, 15) is 4.79 Å². The SMILES string of the molecule is Cc1c(CCNC(=O)C2CC2)sc(-c2ccc(Cl)cc2Cl)c1-c1ccc(Cl)cc1. The molecule has 1 aromatic heterocycles. The first kappa shape index (κ1) is 20.7. The molecule has 0 radical (unpaired) electrons. The number of carbonyl (C=O) groups is 1. The standard InChI is InChI=1S/C23H20Cl3NOS/c1-13-20(10-11-27-23(28)15-2-3-15)29-22(18-9-8-17(25)12-19(18)26)21(13)14-4-6-16(24)7-5-14/h4-9,12,15H,2-3,10-11H2,1H3,(H,27,28). The summed E-state index contributed by atoms with van der Waals surface area (Å²) in [4.78, 5) is 14.3. The lowest BCUT2D eigenvalue weighted by Gasteiger charge is -2.09. The van der Waals surface area contributed by atoms with Gasteiger partial charge in [-0.1, -0.05) is 53.0 Å². The molecule has 1 N–H and O–H groups in total. The maximum atomic E-state index is 12.0. The van der Waals surface area contributed by atoms with Crippen molar-refractivity contribution in [1.82, 2.24) is 5.32 Å². The zero-order valence-electron chi connectivity index (χ0n) is 15.9. The number of halogens is 3. The minimum atomic E-state index is 0.179. The van der Waals surface area contributed by atoms with E-state index in [4.69, 9.17) is 34.8 Å². The Morgan fingerprint density at radius 1 is 1.07 bits per heavy atom. The van der Waals surface area contributed by atoms with Gasteiger partial charge in [0.25, 0.3) is 0 Å². The molecular formula is C23H20Cl3NOS. The lowest BCUT2D eigenvalue weighted by atomic mass is 9.97. The van der Waals surface area contributed by atoms with Crippen LogP contribution in [0.2, 0.25) is 15.1 Å². The molecule has 0 unspecified atom stereocenters. The number of rotatable bonds is 6. The normalized spacial score (nSPS) is 13.5. The van der Waals surface area contributed by atoms with Crippen LogP contribution in [0, 0.1) is 12.8 Å². The molecule has 1 fully saturated rings. The molecule has 0 saturated heterocycles. The second-order valence-electron chi connectivity index (χ2n) is 7.30. The molecule has 0 aliphatic heterocycles. The van der Waals surface area contributed by atoms with Gasteiger partial charge in [0.05, 0.1) is 5.02 Å². The van der Waals surface area contributed by atoms with Crippen molar-refractivity contribution in [3.05, 3.63) is 68.0 Å². The van der Waals surface area contributed by atoms with Crippen LogP contribution in [0.25, 0.3) is 21.6 Å². The molecule has 0 atom stereocenters. The van der Waals surface area contributed by atoms with Crippen LogP contribution in [-0.4, -0.2) is 12.5 Å². The zero-order chi connectivity index (χ0) is 20.5. The number of thiophene rings is 1. The lowest BCUT2D eigenvalue weighted by Crippen LogP contribution is -2.26. The molecule has 4 rings (SSSR count). The molecule has 1 amide bonds. The summed E-state index contributed by atoms with van der Waals surface area (Å²) in [6.07, 6.45) is 2.83. The molecule has 1 aliphatic carbocycles. The predicted octanol–water partition coefficient (Wildman–Crippen LogP) is 7.42. The third-order valence-corrected chi connectivity index (χ3v) is 7.34. The molecule has 0 bridgehead atoms. The van der Waals surface area contributed by atoms with Crippen LogP contribution in [0.4, 0.5) is 0 Å². The summed E-state index contributed by atoms with van der Waals surface area (Å²) in [5, 5.41) is 5.01. The lowest BCUT2D eigenvalue weighted by molar-refractivity contribution is -0.122. The van der Waals surface area contributed by atoms with Crippen molar-refractivity contribution in [3.63, 3.8) is 0 Å². The molecule has 2 nitrogen and oxygen atoms in total. The average Bonchev–Trinajstić information content (AvgIpc) is 3.48. The fourth-order valence-electron chi connectivity index (χ4n) is 3.42. The molecule has 3 aromatic rings. The van der Waals surface area contributed by atoms with Crippen molar-refractivity contribution < 1.29 is 4.79 Å². The quantitative estimate of drug-likeness (QED) is 0.404. The van der Waals surface area contributed by atoms with E-state index >= 15 is 0 Å². The second kappa shape index (κ2) is 8.69. The molecule has 1 heterocycles. The summed E-state index contributed by atoms with van der Waals surface area (Å²) in [5.41, 5.74) is 4.42. The van der Waals surface area contributed by atoms with Gasteiger partial charge < -0.3 is 5.32 Å². The summed E-state index contributed by atoms with van der Waals surface area (Å²) in [7, 11) is 0. The smallest absolute Gasteiger partial charge is 0.223 e. The fraction of sp³-hybridized carbons (Fsp3) is 0.261. The summed E-state index contributed by atoms with van der Waals surface area (Å²) in [5.74, 6) is 0.408. The minimum absolute atomic E-state index is 0.179. The summed E-state index contributed by atoms with van der Waals surface area (Å²) in [6, 6.07) is 13.5. The van der Waals surface area contributed by atoms with Crippen LogP contribution >= 0.6 is 46.1 Å². The van der Waals surface area contributed by atoms with Gasteiger partial charge in [-0.3, -0.25) is 4.79 Å². The van der Waals surface area contributed by atoms with Crippen molar-refractivity contribution in [2.45, 2.75) is 26.2 Å². The third kappa shape index (κ3) is 4.64. The average molecular weight is 465 g/mol. The van der Waals surface area contributed by atoms with Crippen molar-refractivity contribution >= 4 is 52.0 Å². The fourth-order valence-corrected chi connectivity index (χ4v) is 5.47. The number of carbonyl (C=O) groups excluding carboxylic acids is 1. The number of hydrogen-bond acceptors (Lipinski definition) is 2. The first-order valence-corrected chi connectivity index (χ1v) is 11.5. The first-order chi connectivity index (χ1) is 13.9. The summed E-state index contributed by atoms with van der Waals surface area (Å²) >= 11 is 20.5. The third-order valence-electron chi connectivity index (χ3n) is 5.15. The van der Waals surface area contributed by atoms with Gasteiger partial charge in [0.2, 0.25) is 5.91 Å². The summed E-state index contributed by atoms with van der Waals surface area (Å²) < 4.78 is 0. The zero-order valence-corrected chi connectivity index (χ0v) is 19.0. The maximum absolute atomic E-state index is 12.0. The Kier molecular flexibility index (Phi) is 6.21. The number of amides is 1. The van der Waals surface area contributed by atoms with Crippen LogP contribution in [-0.2, 0) is 11.2 Å². The monoisotopic (exact) mass is 463 g/mol. The van der Waals surface area contributed by atoms with E-state index in [1.165, 1.54) is 10.4 Å². The molecule has 1 aliphatic rings. The molecular weight excluding hydrogens is 445 g/mol. The Labute approximate surface area is 189 Å². The Morgan fingerprint density at radius 2 is 1.76 bits per heavy atom. The van der Waals surface area contributed by atoms with Gasteiger partial charge in [0, 0.05) is 43.4 Å². The van der Waals surface area contributed by atoms with Gasteiger partial charge in [-0.25, -0.2) is 0 Å². The van der Waals surface area contributed by atoms with E-state index in [1.54, 1.807) is 17.4 Å². The Morgan fingerprint density at radius 3 is 2.41 bits per heavy atom. The molecule has 150 valence electrons. The van der Waals surface area contributed by atoms with Crippen LogP contribution in [0.15, 0.2) is 42.5 Å². The van der Waals surface area contributed by atoms with E-state index in [-0.39, 0.29) is 11.8 Å². The van der Waals surface area contributed by atoms with Crippen molar-refractivity contribution in [1.29, 1.82) is 0 Å². The van der Waals surface area contributed by atoms with Gasteiger partial charge in [-0.2, -0.15) is 0 Å². The van der Waals surface area contributed by atoms with E-state index in [1.807, 2.05) is 36.4 Å². The Balaban J connectivity index is 1.71. The number of hydrogen-bond donors (Lipinski definition) is 1. The molecule has 1 saturated carbocycles. The highest BCUT2D eigenvalue weighted by Crippen LogP contribution is 2.45. The van der Waals surface area contributed by atoms with Crippen LogP contribution in [0.3, 0.4) is 0 Å². The van der Waals surface area contributed by atoms with Crippen LogP contribution in [0.1, 0.15) is 23.3 Å². The van der Waals surface area contributed by atoms with E-state index in [0.717, 1.165) is 40.8 Å².